The second kappa shape index (κ2) is 8.27. The molecule has 1 aliphatic rings. The summed E-state index contributed by atoms with van der Waals surface area (Å²) in [5.74, 6) is 0.590. The van der Waals surface area contributed by atoms with E-state index in [0.29, 0.717) is 24.6 Å². The lowest BCUT2D eigenvalue weighted by molar-refractivity contribution is -0.139. The molecule has 0 aliphatic carbocycles. The molecule has 1 aromatic heterocycles. The van der Waals surface area contributed by atoms with Crippen LogP contribution in [0.25, 0.3) is 11.3 Å². The molecule has 0 bridgehead atoms. The number of alkyl halides is 3. The van der Waals surface area contributed by atoms with E-state index >= 15 is 0 Å². The van der Waals surface area contributed by atoms with Gasteiger partial charge in [0.05, 0.1) is 16.2 Å². The van der Waals surface area contributed by atoms with Crippen LogP contribution >= 0.6 is 0 Å². The molecule has 1 saturated heterocycles. The van der Waals surface area contributed by atoms with Gasteiger partial charge in [-0.05, 0) is 24.3 Å². The molecule has 0 N–H and O–H groups in total. The molecule has 0 atom stereocenters. The highest BCUT2D eigenvalue weighted by Crippen LogP contribution is 2.35. The summed E-state index contributed by atoms with van der Waals surface area (Å²) in [7, 11) is -4.27. The normalized spacial score (nSPS) is 15.8. The average molecular weight is 448 g/mol. The highest BCUT2D eigenvalue weighted by molar-refractivity contribution is 7.89. The molecule has 1 aliphatic heterocycles. The molecule has 0 amide bonds. The summed E-state index contributed by atoms with van der Waals surface area (Å²) in [6.07, 6.45) is -4.75. The van der Waals surface area contributed by atoms with E-state index in [9.17, 15) is 21.6 Å². The molecule has 0 unspecified atom stereocenters. The fraction of sp³-hybridized carbons (Fsp3) is 0.238. The summed E-state index contributed by atoms with van der Waals surface area (Å²) >= 11 is 0. The standard InChI is InChI=1S/C21H19F3N4O2S/c22-21(23,24)17-8-4-5-9-19(17)31(29,30)28-14-12-27(13-15-28)20-11-10-18(25-26-20)16-6-2-1-3-7-16/h1-11H,12-15H2. The molecular formula is C21H19F3N4O2S. The van der Waals surface area contributed by atoms with E-state index in [0.717, 1.165) is 22.0 Å². The topological polar surface area (TPSA) is 66.4 Å². The van der Waals surface area contributed by atoms with Gasteiger partial charge in [-0.1, -0.05) is 42.5 Å². The molecule has 1 fully saturated rings. The molecule has 0 saturated carbocycles. The fourth-order valence-electron chi connectivity index (χ4n) is 3.48. The lowest BCUT2D eigenvalue weighted by Crippen LogP contribution is -2.49. The minimum absolute atomic E-state index is 0.0522. The Bertz CT molecular complexity index is 1150. The van der Waals surface area contributed by atoms with Crippen LogP contribution in [0.4, 0.5) is 19.0 Å². The number of halogens is 3. The van der Waals surface area contributed by atoms with Crippen molar-refractivity contribution in [2.24, 2.45) is 0 Å². The average Bonchev–Trinajstić information content (AvgIpc) is 2.79. The van der Waals surface area contributed by atoms with Gasteiger partial charge in [-0.3, -0.25) is 0 Å². The van der Waals surface area contributed by atoms with Gasteiger partial charge in [0, 0.05) is 31.7 Å². The molecule has 2 aromatic carbocycles. The van der Waals surface area contributed by atoms with Gasteiger partial charge in [0.15, 0.2) is 5.82 Å². The summed E-state index contributed by atoms with van der Waals surface area (Å²) in [6.45, 7) is 0.701. The smallest absolute Gasteiger partial charge is 0.352 e. The van der Waals surface area contributed by atoms with Crippen LogP contribution in [-0.2, 0) is 16.2 Å². The van der Waals surface area contributed by atoms with Gasteiger partial charge in [0.2, 0.25) is 10.0 Å². The van der Waals surface area contributed by atoms with Crippen molar-refractivity contribution >= 4 is 15.8 Å². The van der Waals surface area contributed by atoms with Gasteiger partial charge in [-0.2, -0.15) is 17.5 Å². The second-order valence-electron chi connectivity index (χ2n) is 7.03. The highest BCUT2D eigenvalue weighted by Gasteiger charge is 2.39. The molecule has 31 heavy (non-hydrogen) atoms. The maximum absolute atomic E-state index is 13.3. The van der Waals surface area contributed by atoms with E-state index in [1.54, 1.807) is 6.07 Å². The van der Waals surface area contributed by atoms with Gasteiger partial charge in [-0.25, -0.2) is 8.42 Å². The van der Waals surface area contributed by atoms with Crippen LogP contribution in [0.1, 0.15) is 5.56 Å². The third kappa shape index (κ3) is 4.40. The molecular weight excluding hydrogens is 429 g/mol. The van der Waals surface area contributed by atoms with E-state index in [1.165, 1.54) is 12.1 Å². The number of nitrogens with zero attached hydrogens (tertiary/aromatic N) is 4. The Hall–Kier alpha value is -2.98. The van der Waals surface area contributed by atoms with Gasteiger partial charge in [0.1, 0.15) is 0 Å². The summed E-state index contributed by atoms with van der Waals surface area (Å²) < 4.78 is 66.7. The monoisotopic (exact) mass is 448 g/mol. The molecule has 6 nitrogen and oxygen atoms in total. The van der Waals surface area contributed by atoms with Crippen molar-refractivity contribution in [3.63, 3.8) is 0 Å². The first-order chi connectivity index (χ1) is 14.8. The third-order valence-corrected chi connectivity index (χ3v) is 7.05. The lowest BCUT2D eigenvalue weighted by atomic mass is 10.1. The largest absolute Gasteiger partial charge is 0.417 e. The maximum atomic E-state index is 13.3. The van der Waals surface area contributed by atoms with Crippen LogP contribution in [0, 0.1) is 0 Å². The summed E-state index contributed by atoms with van der Waals surface area (Å²) in [6, 6.07) is 17.5. The quantitative estimate of drug-likeness (QED) is 0.609. The second-order valence-corrected chi connectivity index (χ2v) is 8.93. The van der Waals surface area contributed by atoms with Crippen LogP contribution in [0.15, 0.2) is 71.6 Å². The van der Waals surface area contributed by atoms with Crippen molar-refractivity contribution in [3.05, 3.63) is 72.3 Å². The van der Waals surface area contributed by atoms with Crippen molar-refractivity contribution in [2.75, 3.05) is 31.1 Å². The fourth-order valence-corrected chi connectivity index (χ4v) is 5.11. The number of anilines is 1. The number of benzene rings is 2. The molecule has 2 heterocycles. The van der Waals surface area contributed by atoms with Gasteiger partial charge >= 0.3 is 6.18 Å². The zero-order chi connectivity index (χ0) is 22.1. The number of aromatic nitrogens is 2. The van der Waals surface area contributed by atoms with Crippen LogP contribution in [0.5, 0.6) is 0 Å². The minimum Gasteiger partial charge on any atom is -0.352 e. The predicted molar refractivity (Wildman–Crippen MR) is 110 cm³/mol. The van der Waals surface area contributed by atoms with E-state index in [4.69, 9.17) is 0 Å². The maximum Gasteiger partial charge on any atom is 0.417 e. The number of rotatable bonds is 4. The SMILES string of the molecule is O=S(=O)(c1ccccc1C(F)(F)F)N1CCN(c2ccc(-c3ccccc3)nn2)CC1. The van der Waals surface area contributed by atoms with Crippen LogP contribution in [0.3, 0.4) is 0 Å². The molecule has 0 spiro atoms. The number of hydrogen-bond donors (Lipinski definition) is 0. The third-order valence-electron chi connectivity index (χ3n) is 5.09. The molecule has 4 rings (SSSR count). The van der Waals surface area contributed by atoms with Crippen molar-refractivity contribution in [1.82, 2.24) is 14.5 Å². The van der Waals surface area contributed by atoms with E-state index in [2.05, 4.69) is 10.2 Å². The van der Waals surface area contributed by atoms with Crippen LogP contribution in [0.2, 0.25) is 0 Å². The highest BCUT2D eigenvalue weighted by atomic mass is 32.2. The minimum atomic E-state index is -4.75. The Morgan fingerprint density at radius 1 is 0.774 bits per heavy atom. The summed E-state index contributed by atoms with van der Waals surface area (Å²) in [5.41, 5.74) is 0.495. The predicted octanol–water partition coefficient (Wildman–Crippen LogP) is 3.67. The zero-order valence-corrected chi connectivity index (χ0v) is 17.1. The first-order valence-electron chi connectivity index (χ1n) is 9.57. The van der Waals surface area contributed by atoms with E-state index in [1.807, 2.05) is 41.3 Å². The van der Waals surface area contributed by atoms with Crippen molar-refractivity contribution in [1.29, 1.82) is 0 Å². The first kappa shape index (κ1) is 21.3. The summed E-state index contributed by atoms with van der Waals surface area (Å²) in [4.78, 5) is 1.15. The van der Waals surface area contributed by atoms with E-state index < -0.39 is 26.7 Å². The first-order valence-corrected chi connectivity index (χ1v) is 11.0. The van der Waals surface area contributed by atoms with Crippen molar-refractivity contribution in [2.45, 2.75) is 11.1 Å². The lowest BCUT2D eigenvalue weighted by Gasteiger charge is -2.34. The summed E-state index contributed by atoms with van der Waals surface area (Å²) in [5, 5.41) is 8.46. The Labute approximate surface area is 178 Å². The molecule has 10 heteroatoms. The zero-order valence-electron chi connectivity index (χ0n) is 16.3. The van der Waals surface area contributed by atoms with Crippen molar-refractivity contribution in [3.8, 4) is 11.3 Å². The number of sulfonamides is 1. The molecule has 0 radical (unpaired) electrons. The Kier molecular flexibility index (Phi) is 5.67. The number of piperazine rings is 1. The van der Waals surface area contributed by atoms with Gasteiger partial charge in [0.25, 0.3) is 0 Å². The van der Waals surface area contributed by atoms with Crippen molar-refractivity contribution < 1.29 is 21.6 Å². The van der Waals surface area contributed by atoms with Crippen LogP contribution in [-0.4, -0.2) is 49.1 Å². The Morgan fingerprint density at radius 3 is 2.03 bits per heavy atom. The number of hydrogen-bond acceptors (Lipinski definition) is 5. The van der Waals surface area contributed by atoms with Gasteiger partial charge < -0.3 is 4.90 Å². The molecule has 162 valence electrons. The molecule has 3 aromatic rings. The Morgan fingerprint density at radius 2 is 1.42 bits per heavy atom. The van der Waals surface area contributed by atoms with E-state index in [-0.39, 0.29) is 13.1 Å². The van der Waals surface area contributed by atoms with Gasteiger partial charge in [-0.15, -0.1) is 10.2 Å². The van der Waals surface area contributed by atoms with Crippen LogP contribution < -0.4 is 4.90 Å². The Balaban J connectivity index is 1.48.